The van der Waals surface area contributed by atoms with E-state index >= 15 is 0 Å². The summed E-state index contributed by atoms with van der Waals surface area (Å²) in [6, 6.07) is 26.2. The van der Waals surface area contributed by atoms with Gasteiger partial charge in [-0.2, -0.15) is 0 Å². The van der Waals surface area contributed by atoms with Crippen LogP contribution < -0.4 is 4.74 Å². The van der Waals surface area contributed by atoms with Crippen molar-refractivity contribution < 1.29 is 19.7 Å². The number of ether oxygens (including phenoxy) is 1. The number of benzene rings is 4. The zero-order chi connectivity index (χ0) is 22.1. The van der Waals surface area contributed by atoms with E-state index in [0.717, 1.165) is 16.3 Å². The first kappa shape index (κ1) is 19.2. The first-order valence-corrected chi connectivity index (χ1v) is 10.8. The molecule has 0 aromatic heterocycles. The van der Waals surface area contributed by atoms with Gasteiger partial charge in [-0.15, -0.1) is 0 Å². The predicted octanol–water partition coefficient (Wildman–Crippen LogP) is 4.56. The number of hydrogen-bond donors (Lipinski definition) is 2. The highest BCUT2D eigenvalue weighted by atomic mass is 16.5. The zero-order valence-corrected chi connectivity index (χ0v) is 17.6. The second-order valence-electron chi connectivity index (χ2n) is 8.91. The molecular weight excluding hydrogens is 400 g/mol. The smallest absolute Gasteiger partial charge is 0.318 e. The van der Waals surface area contributed by atoms with Gasteiger partial charge in [-0.3, -0.25) is 4.79 Å². The maximum atomic E-state index is 13.4. The summed E-state index contributed by atoms with van der Waals surface area (Å²) in [5, 5.41) is 26.0. The molecule has 3 aliphatic rings. The summed E-state index contributed by atoms with van der Waals surface area (Å²) in [5.74, 6) is -1.07. The second kappa shape index (κ2) is 6.52. The van der Waals surface area contributed by atoms with Crippen molar-refractivity contribution in [1.82, 2.24) is 0 Å². The van der Waals surface area contributed by atoms with Crippen LogP contribution in [-0.2, 0) is 16.0 Å². The molecule has 4 aromatic rings. The SMILES string of the molecule is Cc1ccc2c(c1)C1(O)CC(C(=O)Oc3ccc4ccccc4c3)C2(O)c2ccccc21. The Hall–Kier alpha value is -3.47. The van der Waals surface area contributed by atoms with Gasteiger partial charge in [-0.1, -0.05) is 78.4 Å². The first-order valence-electron chi connectivity index (χ1n) is 10.8. The molecule has 7 rings (SSSR count). The lowest BCUT2D eigenvalue weighted by molar-refractivity contribution is -0.157. The van der Waals surface area contributed by atoms with Crippen molar-refractivity contribution in [1.29, 1.82) is 0 Å². The minimum absolute atomic E-state index is 0.0589. The number of carbonyl (C=O) groups is 1. The molecule has 158 valence electrons. The second-order valence-corrected chi connectivity index (χ2v) is 8.91. The van der Waals surface area contributed by atoms with E-state index in [1.807, 2.05) is 79.7 Å². The number of rotatable bonds is 2. The largest absolute Gasteiger partial charge is 0.426 e. The molecule has 3 aliphatic carbocycles. The summed E-state index contributed by atoms with van der Waals surface area (Å²) in [6.07, 6.45) is 0.0589. The Morgan fingerprint density at radius 2 is 1.50 bits per heavy atom. The highest BCUT2D eigenvalue weighted by Crippen LogP contribution is 2.59. The first-order chi connectivity index (χ1) is 15.4. The maximum Gasteiger partial charge on any atom is 0.318 e. The molecule has 0 amide bonds. The maximum absolute atomic E-state index is 13.4. The molecule has 4 aromatic carbocycles. The van der Waals surface area contributed by atoms with Crippen molar-refractivity contribution in [3.8, 4) is 5.75 Å². The molecule has 0 heterocycles. The molecule has 2 bridgehead atoms. The van der Waals surface area contributed by atoms with E-state index in [1.54, 1.807) is 12.1 Å². The van der Waals surface area contributed by atoms with E-state index in [4.69, 9.17) is 4.74 Å². The van der Waals surface area contributed by atoms with Gasteiger partial charge in [0.25, 0.3) is 0 Å². The molecule has 0 spiro atoms. The quantitative estimate of drug-likeness (QED) is 0.367. The Labute approximate surface area is 185 Å². The van der Waals surface area contributed by atoms with Gasteiger partial charge >= 0.3 is 5.97 Å². The molecule has 0 saturated heterocycles. The van der Waals surface area contributed by atoms with Crippen molar-refractivity contribution >= 4 is 16.7 Å². The third kappa shape index (κ3) is 2.48. The van der Waals surface area contributed by atoms with E-state index in [-0.39, 0.29) is 6.42 Å². The minimum atomic E-state index is -1.57. The van der Waals surface area contributed by atoms with E-state index in [9.17, 15) is 15.0 Å². The Balaban J connectivity index is 1.46. The van der Waals surface area contributed by atoms with Gasteiger partial charge in [0, 0.05) is 6.42 Å². The summed E-state index contributed by atoms with van der Waals surface area (Å²) in [5.41, 5.74) is 0.486. The van der Waals surface area contributed by atoms with Crippen molar-refractivity contribution in [3.63, 3.8) is 0 Å². The van der Waals surface area contributed by atoms with Crippen LogP contribution in [0.5, 0.6) is 5.75 Å². The molecule has 32 heavy (non-hydrogen) atoms. The van der Waals surface area contributed by atoms with Gasteiger partial charge in [0.15, 0.2) is 0 Å². The Bertz CT molecular complexity index is 1410. The van der Waals surface area contributed by atoms with Gasteiger partial charge in [0.05, 0.1) is 5.92 Å². The average molecular weight is 422 g/mol. The van der Waals surface area contributed by atoms with Crippen LogP contribution in [0.4, 0.5) is 0 Å². The predicted molar refractivity (Wildman–Crippen MR) is 121 cm³/mol. The number of carbonyl (C=O) groups excluding carboxylic acids is 1. The van der Waals surface area contributed by atoms with Gasteiger partial charge in [0.1, 0.15) is 17.0 Å². The van der Waals surface area contributed by atoms with Crippen molar-refractivity contribution in [2.24, 2.45) is 5.92 Å². The van der Waals surface area contributed by atoms with Gasteiger partial charge in [0.2, 0.25) is 0 Å². The molecular formula is C28H22O4. The Morgan fingerprint density at radius 1 is 0.812 bits per heavy atom. The normalized spacial score (nSPS) is 25.3. The molecule has 0 radical (unpaired) electrons. The van der Waals surface area contributed by atoms with Gasteiger partial charge in [-0.25, -0.2) is 0 Å². The van der Waals surface area contributed by atoms with Gasteiger partial charge < -0.3 is 14.9 Å². The molecule has 3 unspecified atom stereocenters. The number of aliphatic hydroxyl groups is 2. The molecule has 3 atom stereocenters. The molecule has 0 saturated carbocycles. The Morgan fingerprint density at radius 3 is 2.31 bits per heavy atom. The number of fused-ring (bicyclic) bond motifs is 2. The monoisotopic (exact) mass is 422 g/mol. The zero-order valence-electron chi connectivity index (χ0n) is 17.6. The van der Waals surface area contributed by atoms with Crippen LogP contribution in [0.15, 0.2) is 84.9 Å². The summed E-state index contributed by atoms with van der Waals surface area (Å²) < 4.78 is 5.77. The molecule has 0 aliphatic heterocycles. The number of aryl methyl sites for hydroxylation is 1. The van der Waals surface area contributed by atoms with Crippen molar-refractivity contribution in [2.45, 2.75) is 24.5 Å². The van der Waals surface area contributed by atoms with Crippen LogP contribution in [0, 0.1) is 12.8 Å². The van der Waals surface area contributed by atoms with E-state index in [0.29, 0.717) is 28.0 Å². The van der Waals surface area contributed by atoms with Crippen LogP contribution in [0.1, 0.15) is 34.2 Å². The topological polar surface area (TPSA) is 66.8 Å². The Kier molecular flexibility index (Phi) is 3.92. The minimum Gasteiger partial charge on any atom is -0.426 e. The highest BCUT2D eigenvalue weighted by Gasteiger charge is 2.62. The number of hydrogen-bond acceptors (Lipinski definition) is 4. The fourth-order valence-electron chi connectivity index (χ4n) is 5.51. The van der Waals surface area contributed by atoms with Gasteiger partial charge in [-0.05, 0) is 52.1 Å². The van der Waals surface area contributed by atoms with Crippen LogP contribution in [0.25, 0.3) is 10.8 Å². The third-order valence-electron chi connectivity index (χ3n) is 7.04. The standard InChI is InChI=1S/C28H22O4/c1-17-10-13-23-24(14-17)27(30)16-25(28(23,31)22-9-5-4-8-21(22)27)26(29)32-20-12-11-18-6-2-3-7-19(18)15-20/h2-15,25,30-31H,16H2,1H3. The van der Waals surface area contributed by atoms with Crippen molar-refractivity contribution in [2.75, 3.05) is 0 Å². The van der Waals surface area contributed by atoms with Crippen molar-refractivity contribution in [3.05, 3.63) is 113 Å². The van der Waals surface area contributed by atoms with Crippen LogP contribution in [0.2, 0.25) is 0 Å². The fourth-order valence-corrected chi connectivity index (χ4v) is 5.51. The molecule has 4 heteroatoms. The summed E-state index contributed by atoms with van der Waals surface area (Å²) in [7, 11) is 0. The van der Waals surface area contributed by atoms with Crippen LogP contribution in [-0.4, -0.2) is 16.2 Å². The molecule has 4 nitrogen and oxygen atoms in total. The highest BCUT2D eigenvalue weighted by molar-refractivity contribution is 5.86. The van der Waals surface area contributed by atoms with Crippen LogP contribution >= 0.6 is 0 Å². The lowest BCUT2D eigenvalue weighted by atomic mass is 9.54. The average Bonchev–Trinajstić information content (AvgIpc) is 2.81. The summed E-state index contributed by atoms with van der Waals surface area (Å²) in [4.78, 5) is 13.4. The summed E-state index contributed by atoms with van der Waals surface area (Å²) in [6.45, 7) is 1.95. The molecule has 2 N–H and O–H groups in total. The van der Waals surface area contributed by atoms with Crippen LogP contribution in [0.3, 0.4) is 0 Å². The fraction of sp³-hybridized carbons (Fsp3) is 0.179. The van der Waals surface area contributed by atoms with E-state index in [1.165, 1.54) is 0 Å². The third-order valence-corrected chi connectivity index (χ3v) is 7.04. The number of esters is 1. The lowest BCUT2D eigenvalue weighted by Gasteiger charge is -2.53. The molecule has 0 fully saturated rings. The lowest BCUT2D eigenvalue weighted by Crippen LogP contribution is -2.57. The van der Waals surface area contributed by atoms with E-state index < -0.39 is 23.1 Å². The van der Waals surface area contributed by atoms with E-state index in [2.05, 4.69) is 0 Å². The summed E-state index contributed by atoms with van der Waals surface area (Å²) >= 11 is 0.